The van der Waals surface area contributed by atoms with Gasteiger partial charge in [0.1, 0.15) is 5.57 Å². The first kappa shape index (κ1) is 17.9. The first-order valence-electron chi connectivity index (χ1n) is 7.47. The van der Waals surface area contributed by atoms with Crippen molar-refractivity contribution in [1.82, 2.24) is 0 Å². The fraction of sp³-hybridized carbons (Fsp3) is 0.333. The van der Waals surface area contributed by atoms with Crippen LogP contribution in [0.25, 0.3) is 0 Å². The molecule has 0 unspecified atom stereocenters. The van der Waals surface area contributed by atoms with Crippen LogP contribution in [-0.2, 0) is 9.59 Å². The number of hydrogen-bond donors (Lipinski definition) is 1. The molecular weight excluding hydrogens is 326 g/mol. The Morgan fingerprint density at radius 3 is 2.26 bits per heavy atom. The molecule has 1 N–H and O–H groups in total. The van der Waals surface area contributed by atoms with Gasteiger partial charge in [-0.1, -0.05) is 45.0 Å². The maximum Gasteiger partial charge on any atom is 0.261 e. The number of thioether (sulfide) groups is 2. The molecule has 1 fully saturated rings. The van der Waals surface area contributed by atoms with E-state index >= 15 is 0 Å². The molecule has 0 spiro atoms. The van der Waals surface area contributed by atoms with Crippen molar-refractivity contribution in [1.29, 1.82) is 0 Å². The third kappa shape index (κ3) is 5.59. The lowest BCUT2D eigenvalue weighted by Gasteiger charge is -2.12. The molecule has 3 nitrogen and oxygen atoms in total. The fourth-order valence-electron chi connectivity index (χ4n) is 1.88. The summed E-state index contributed by atoms with van der Waals surface area (Å²) in [5, 5.41) is 2.82. The zero-order valence-corrected chi connectivity index (χ0v) is 15.2. The maximum atomic E-state index is 12.6. The normalized spacial score (nSPS) is 15.0. The Bertz CT molecular complexity index is 635. The van der Waals surface area contributed by atoms with Crippen molar-refractivity contribution in [3.05, 3.63) is 52.3 Å². The first-order valence-corrected chi connectivity index (χ1v) is 9.44. The number of anilines is 1. The Hall–Kier alpha value is -1.46. The quantitative estimate of drug-likeness (QED) is 0.495. The van der Waals surface area contributed by atoms with Gasteiger partial charge in [0.2, 0.25) is 0 Å². The smallest absolute Gasteiger partial charge is 0.261 e. The number of hydrogen-bond acceptors (Lipinski definition) is 4. The zero-order chi connectivity index (χ0) is 16.9. The minimum atomic E-state index is -0.336. The monoisotopic (exact) mass is 347 g/mol. The summed E-state index contributed by atoms with van der Waals surface area (Å²) in [7, 11) is 0. The second-order valence-corrected chi connectivity index (χ2v) is 8.71. The zero-order valence-electron chi connectivity index (χ0n) is 13.6. The number of carbonyl (C=O) groups excluding carboxylic acids is 2. The number of rotatable bonds is 4. The van der Waals surface area contributed by atoms with E-state index in [4.69, 9.17) is 0 Å². The Morgan fingerprint density at radius 1 is 1.09 bits per heavy atom. The number of carbonyl (C=O) groups is 2. The van der Waals surface area contributed by atoms with E-state index in [0.29, 0.717) is 5.69 Å². The molecule has 0 aliphatic carbocycles. The van der Waals surface area contributed by atoms with Crippen molar-refractivity contribution < 1.29 is 9.59 Å². The van der Waals surface area contributed by atoms with Crippen molar-refractivity contribution in [3.8, 4) is 0 Å². The predicted molar refractivity (Wildman–Crippen MR) is 101 cm³/mol. The molecule has 1 amide bonds. The van der Waals surface area contributed by atoms with Crippen molar-refractivity contribution in [2.75, 3.05) is 16.8 Å². The lowest BCUT2D eigenvalue weighted by molar-refractivity contribution is -0.117. The Labute approximate surface area is 146 Å². The second-order valence-electron chi connectivity index (χ2n) is 6.24. The van der Waals surface area contributed by atoms with Crippen molar-refractivity contribution in [2.45, 2.75) is 20.8 Å². The molecule has 1 heterocycles. The van der Waals surface area contributed by atoms with Crippen LogP contribution in [0, 0.1) is 5.41 Å². The van der Waals surface area contributed by atoms with Gasteiger partial charge in [0.05, 0.1) is 4.24 Å². The summed E-state index contributed by atoms with van der Waals surface area (Å²) < 4.78 is 0.821. The average Bonchev–Trinajstić information content (AvgIpc) is 2.99. The third-order valence-corrected chi connectivity index (χ3v) is 5.71. The first-order chi connectivity index (χ1) is 10.9. The van der Waals surface area contributed by atoms with Crippen LogP contribution in [-0.4, -0.2) is 23.2 Å². The second kappa shape index (κ2) is 7.88. The molecule has 122 valence electrons. The SMILES string of the molecule is CC(C)(C)/C=C/C(=O)C(C(=O)Nc1ccccc1)=C1SCCS1. The number of ketones is 1. The molecule has 0 atom stereocenters. The van der Waals surface area contributed by atoms with Crippen LogP contribution in [0.15, 0.2) is 52.3 Å². The van der Waals surface area contributed by atoms with E-state index < -0.39 is 0 Å². The highest BCUT2D eigenvalue weighted by molar-refractivity contribution is 8.25. The highest BCUT2D eigenvalue weighted by atomic mass is 32.2. The number of benzene rings is 1. The van der Waals surface area contributed by atoms with E-state index in [9.17, 15) is 9.59 Å². The van der Waals surface area contributed by atoms with Gasteiger partial charge in [-0.15, -0.1) is 23.5 Å². The van der Waals surface area contributed by atoms with E-state index in [1.165, 1.54) is 6.08 Å². The highest BCUT2D eigenvalue weighted by Gasteiger charge is 2.25. The van der Waals surface area contributed by atoms with Crippen LogP contribution in [0.1, 0.15) is 20.8 Å². The van der Waals surface area contributed by atoms with Crippen LogP contribution in [0.2, 0.25) is 0 Å². The highest BCUT2D eigenvalue weighted by Crippen LogP contribution is 2.39. The molecule has 2 rings (SSSR count). The summed E-state index contributed by atoms with van der Waals surface area (Å²) in [6.07, 6.45) is 3.36. The van der Waals surface area contributed by atoms with Gasteiger partial charge < -0.3 is 5.32 Å². The number of allylic oxidation sites excluding steroid dienone is 2. The van der Waals surface area contributed by atoms with Gasteiger partial charge in [0.25, 0.3) is 5.91 Å². The molecule has 1 aromatic rings. The van der Waals surface area contributed by atoms with Crippen molar-refractivity contribution in [2.24, 2.45) is 5.41 Å². The summed E-state index contributed by atoms with van der Waals surface area (Å²) in [6.45, 7) is 6.06. The van der Waals surface area contributed by atoms with Gasteiger partial charge in [-0.25, -0.2) is 0 Å². The van der Waals surface area contributed by atoms with Crippen LogP contribution in [0.5, 0.6) is 0 Å². The molecule has 1 aliphatic rings. The van der Waals surface area contributed by atoms with E-state index in [2.05, 4.69) is 5.32 Å². The standard InChI is InChI=1S/C18H21NO2S2/c1-18(2,3)10-9-14(20)15(17-22-11-12-23-17)16(21)19-13-7-5-4-6-8-13/h4-10H,11-12H2,1-3H3,(H,19,21)/b10-9+. The summed E-state index contributed by atoms with van der Waals surface area (Å²) in [5.41, 5.74) is 0.843. The van der Waals surface area contributed by atoms with Crippen LogP contribution < -0.4 is 5.32 Å². The Morgan fingerprint density at radius 2 is 1.70 bits per heavy atom. The van der Waals surface area contributed by atoms with Gasteiger partial charge >= 0.3 is 0 Å². The minimum Gasteiger partial charge on any atom is -0.322 e. The summed E-state index contributed by atoms with van der Waals surface area (Å²) in [4.78, 5) is 25.2. The fourth-order valence-corrected chi connectivity index (χ4v) is 4.43. The van der Waals surface area contributed by atoms with Crippen LogP contribution >= 0.6 is 23.5 Å². The molecule has 1 saturated heterocycles. The number of nitrogens with one attached hydrogen (secondary N) is 1. The van der Waals surface area contributed by atoms with Crippen LogP contribution in [0.4, 0.5) is 5.69 Å². The van der Waals surface area contributed by atoms with Crippen molar-refractivity contribution >= 4 is 40.9 Å². The average molecular weight is 348 g/mol. The topological polar surface area (TPSA) is 46.2 Å². The summed E-state index contributed by atoms with van der Waals surface area (Å²) in [5.74, 6) is 1.29. The lowest BCUT2D eigenvalue weighted by atomic mass is 9.95. The van der Waals surface area contributed by atoms with Gasteiger partial charge in [-0.05, 0) is 23.6 Å². The minimum absolute atomic E-state index is 0.0999. The maximum absolute atomic E-state index is 12.6. The molecule has 0 bridgehead atoms. The molecular formula is C18H21NO2S2. The molecule has 0 aromatic heterocycles. The number of amides is 1. The molecule has 0 radical (unpaired) electrons. The lowest BCUT2D eigenvalue weighted by Crippen LogP contribution is -2.20. The number of para-hydroxylation sites is 1. The van der Waals surface area contributed by atoms with Gasteiger partial charge in [0.15, 0.2) is 5.78 Å². The van der Waals surface area contributed by atoms with Crippen LogP contribution in [0.3, 0.4) is 0 Å². The van der Waals surface area contributed by atoms with E-state index in [1.54, 1.807) is 23.5 Å². The molecule has 5 heteroatoms. The summed E-state index contributed by atoms with van der Waals surface area (Å²) in [6, 6.07) is 9.20. The largest absolute Gasteiger partial charge is 0.322 e. The van der Waals surface area contributed by atoms with E-state index in [1.807, 2.05) is 57.2 Å². The van der Waals surface area contributed by atoms with Gasteiger partial charge in [0, 0.05) is 17.2 Å². The Balaban J connectivity index is 2.25. The molecule has 1 aliphatic heterocycles. The van der Waals surface area contributed by atoms with E-state index in [0.717, 1.165) is 15.7 Å². The third-order valence-electron chi connectivity index (χ3n) is 2.99. The molecule has 0 saturated carbocycles. The Kier molecular flexibility index (Phi) is 6.13. The summed E-state index contributed by atoms with van der Waals surface area (Å²) >= 11 is 3.16. The van der Waals surface area contributed by atoms with E-state index in [-0.39, 0.29) is 22.7 Å². The predicted octanol–water partition coefficient (Wildman–Crippen LogP) is 4.49. The molecule has 1 aromatic carbocycles. The van der Waals surface area contributed by atoms with Crippen molar-refractivity contribution in [3.63, 3.8) is 0 Å². The van der Waals surface area contributed by atoms with Gasteiger partial charge in [-0.2, -0.15) is 0 Å². The molecule has 23 heavy (non-hydrogen) atoms. The van der Waals surface area contributed by atoms with Gasteiger partial charge in [-0.3, -0.25) is 9.59 Å².